The van der Waals surface area contributed by atoms with Crippen LogP contribution in [0.4, 0.5) is 0 Å². The van der Waals surface area contributed by atoms with Crippen LogP contribution in [0.15, 0.2) is 42.1 Å². The summed E-state index contributed by atoms with van der Waals surface area (Å²) in [5, 5.41) is 0. The Morgan fingerprint density at radius 1 is 1.22 bits per heavy atom. The molecule has 0 aliphatic heterocycles. The largest absolute Gasteiger partial charge is 0.459 e. The number of hydrogen-bond donors (Lipinski definition) is 0. The fourth-order valence-electron chi connectivity index (χ4n) is 3.03. The highest BCUT2D eigenvalue weighted by Crippen LogP contribution is 2.24. The summed E-state index contributed by atoms with van der Waals surface area (Å²) in [5.74, 6) is 0.340. The molecule has 3 heteroatoms. The number of likely N-dealkylation sites (N-methyl/N-ethyl adjacent to an activating group) is 1. The van der Waals surface area contributed by atoms with Gasteiger partial charge in [-0.15, -0.1) is 0 Å². The number of carbonyl (C=O) groups is 1. The molecule has 0 bridgehead atoms. The molecule has 1 aromatic carbocycles. The van der Waals surface area contributed by atoms with E-state index in [-0.39, 0.29) is 12.0 Å². The van der Waals surface area contributed by atoms with Gasteiger partial charge >= 0.3 is 5.97 Å². The van der Waals surface area contributed by atoms with Gasteiger partial charge in [-0.1, -0.05) is 50.3 Å². The summed E-state index contributed by atoms with van der Waals surface area (Å²) in [4.78, 5) is 14.8. The molecule has 3 nitrogen and oxygen atoms in total. The molecule has 126 valence electrons. The molecule has 0 fully saturated rings. The maximum absolute atomic E-state index is 12.6. The summed E-state index contributed by atoms with van der Waals surface area (Å²) in [6.45, 7) is 4.66. The first-order valence-electron chi connectivity index (χ1n) is 8.70. The van der Waals surface area contributed by atoms with Crippen molar-refractivity contribution in [3.05, 3.63) is 47.7 Å². The highest BCUT2D eigenvalue weighted by molar-refractivity contribution is 5.76. The predicted octanol–water partition coefficient (Wildman–Crippen LogP) is 4.53. The van der Waals surface area contributed by atoms with Gasteiger partial charge in [0.2, 0.25) is 0 Å². The highest BCUT2D eigenvalue weighted by Gasteiger charge is 2.27. The molecule has 0 unspecified atom stereocenters. The van der Waals surface area contributed by atoms with E-state index in [1.54, 1.807) is 0 Å². The summed E-state index contributed by atoms with van der Waals surface area (Å²) in [6.07, 6.45) is 7.75. The number of rotatable bonds is 7. The maximum atomic E-state index is 12.6. The topological polar surface area (TPSA) is 29.5 Å². The minimum atomic E-state index is -0.192. The first kappa shape index (κ1) is 17.6. The van der Waals surface area contributed by atoms with Gasteiger partial charge in [-0.25, -0.2) is 4.79 Å². The zero-order chi connectivity index (χ0) is 16.7. The molecular formula is C20H29NO2. The van der Waals surface area contributed by atoms with Crippen molar-refractivity contribution in [2.24, 2.45) is 5.92 Å². The maximum Gasteiger partial charge on any atom is 0.329 e. The molecule has 23 heavy (non-hydrogen) atoms. The van der Waals surface area contributed by atoms with E-state index in [1.165, 1.54) is 18.5 Å². The van der Waals surface area contributed by atoms with E-state index in [0.717, 1.165) is 24.8 Å². The van der Waals surface area contributed by atoms with Gasteiger partial charge in [0.1, 0.15) is 12.6 Å². The number of hydrogen-bond acceptors (Lipinski definition) is 3. The van der Waals surface area contributed by atoms with E-state index in [4.69, 9.17) is 4.74 Å². The molecule has 0 radical (unpaired) electrons. The predicted molar refractivity (Wildman–Crippen MR) is 93.8 cm³/mol. The number of nitrogens with zero attached hydrogens (tertiary/aromatic N) is 1. The van der Waals surface area contributed by atoms with Gasteiger partial charge in [0.25, 0.3) is 0 Å². The van der Waals surface area contributed by atoms with E-state index >= 15 is 0 Å². The van der Waals surface area contributed by atoms with Crippen molar-refractivity contribution < 1.29 is 9.53 Å². The second-order valence-electron chi connectivity index (χ2n) is 6.79. The van der Waals surface area contributed by atoms with Crippen LogP contribution < -0.4 is 0 Å². The average molecular weight is 315 g/mol. The van der Waals surface area contributed by atoms with Gasteiger partial charge < -0.3 is 9.64 Å². The fourth-order valence-corrected chi connectivity index (χ4v) is 3.03. The van der Waals surface area contributed by atoms with E-state index in [0.29, 0.717) is 12.5 Å². The molecule has 2 rings (SSSR count). The molecule has 1 aliphatic rings. The number of carbonyl (C=O) groups excluding carboxylic acids is 1. The van der Waals surface area contributed by atoms with Crippen molar-refractivity contribution in [3.8, 4) is 0 Å². The Balaban J connectivity index is 2.01. The summed E-state index contributed by atoms with van der Waals surface area (Å²) in [7, 11) is 2.04. The molecule has 0 heterocycles. The lowest BCUT2D eigenvalue weighted by atomic mass is 9.99. The van der Waals surface area contributed by atoms with Gasteiger partial charge in [0.05, 0.1) is 0 Å². The Hall–Kier alpha value is -1.77. The van der Waals surface area contributed by atoms with Crippen LogP contribution in [-0.2, 0) is 16.1 Å². The van der Waals surface area contributed by atoms with Gasteiger partial charge in [-0.05, 0) is 43.6 Å². The normalized spacial score (nSPS) is 15.9. The Morgan fingerprint density at radius 3 is 2.57 bits per heavy atom. The van der Waals surface area contributed by atoms with Crippen molar-refractivity contribution in [2.45, 2.75) is 58.6 Å². The lowest BCUT2D eigenvalue weighted by Crippen LogP contribution is -2.40. The standard InChI is InChI=1S/C20H29NO2/c1-16(2)14-19(21(3)18-12-8-5-9-13-18)20(22)23-15-17-10-6-4-7-11-17/h4,6-7,10-12,16,19H,5,8-9,13-15H2,1-3H3/t19-/m0/s1. The average Bonchev–Trinajstić information content (AvgIpc) is 2.58. The molecular weight excluding hydrogens is 286 g/mol. The lowest BCUT2D eigenvalue weighted by Gasteiger charge is -2.33. The second kappa shape index (κ2) is 8.76. The van der Waals surface area contributed by atoms with Crippen molar-refractivity contribution in [1.29, 1.82) is 0 Å². The summed E-state index contributed by atoms with van der Waals surface area (Å²) in [5.41, 5.74) is 2.32. The third-order valence-electron chi connectivity index (χ3n) is 4.38. The lowest BCUT2D eigenvalue weighted by molar-refractivity contribution is -0.151. The molecule has 0 saturated heterocycles. The van der Waals surface area contributed by atoms with Crippen LogP contribution in [0, 0.1) is 5.92 Å². The van der Waals surface area contributed by atoms with Crippen molar-refractivity contribution in [1.82, 2.24) is 4.90 Å². The third kappa shape index (κ3) is 5.42. The second-order valence-corrected chi connectivity index (χ2v) is 6.79. The molecule has 1 atom stereocenters. The van der Waals surface area contributed by atoms with Crippen LogP contribution in [-0.4, -0.2) is 24.0 Å². The van der Waals surface area contributed by atoms with Gasteiger partial charge in [0.15, 0.2) is 0 Å². The molecule has 0 N–H and O–H groups in total. The van der Waals surface area contributed by atoms with Crippen LogP contribution in [0.2, 0.25) is 0 Å². The summed E-state index contributed by atoms with van der Waals surface area (Å²) >= 11 is 0. The third-order valence-corrected chi connectivity index (χ3v) is 4.38. The van der Waals surface area contributed by atoms with Gasteiger partial charge in [-0.2, -0.15) is 0 Å². The molecule has 0 spiro atoms. The minimum Gasteiger partial charge on any atom is -0.459 e. The first-order chi connectivity index (χ1) is 11.1. The minimum absolute atomic E-state index is 0.114. The Kier molecular flexibility index (Phi) is 6.69. The van der Waals surface area contributed by atoms with Crippen molar-refractivity contribution in [3.63, 3.8) is 0 Å². The Morgan fingerprint density at radius 2 is 1.96 bits per heavy atom. The number of esters is 1. The van der Waals surface area contributed by atoms with Crippen LogP contribution in [0.5, 0.6) is 0 Å². The van der Waals surface area contributed by atoms with E-state index in [9.17, 15) is 4.79 Å². The number of ether oxygens (including phenoxy) is 1. The number of benzene rings is 1. The summed E-state index contributed by atoms with van der Waals surface area (Å²) in [6, 6.07) is 9.68. The monoisotopic (exact) mass is 315 g/mol. The smallest absolute Gasteiger partial charge is 0.329 e. The fraction of sp³-hybridized carbons (Fsp3) is 0.550. The molecule has 1 aromatic rings. The highest BCUT2D eigenvalue weighted by atomic mass is 16.5. The Bertz CT molecular complexity index is 522. The van der Waals surface area contributed by atoms with Crippen LogP contribution in [0.1, 0.15) is 51.5 Å². The van der Waals surface area contributed by atoms with Crippen LogP contribution >= 0.6 is 0 Å². The quantitative estimate of drug-likeness (QED) is 0.692. The van der Waals surface area contributed by atoms with Crippen LogP contribution in [0.25, 0.3) is 0 Å². The SMILES string of the molecule is CC(C)C[C@@H](C(=O)OCc1ccccc1)N(C)C1=CCCCC1. The molecule has 1 aliphatic carbocycles. The molecule has 0 saturated carbocycles. The van der Waals surface area contributed by atoms with Gasteiger partial charge in [-0.3, -0.25) is 0 Å². The van der Waals surface area contributed by atoms with E-state index in [1.807, 2.05) is 37.4 Å². The summed E-state index contributed by atoms with van der Waals surface area (Å²) < 4.78 is 5.60. The van der Waals surface area contributed by atoms with E-state index in [2.05, 4.69) is 24.8 Å². The van der Waals surface area contributed by atoms with E-state index < -0.39 is 0 Å². The van der Waals surface area contributed by atoms with Crippen molar-refractivity contribution >= 4 is 5.97 Å². The molecule has 0 amide bonds. The number of allylic oxidation sites excluding steroid dienone is 2. The molecule has 0 aromatic heterocycles. The van der Waals surface area contributed by atoms with Crippen LogP contribution in [0.3, 0.4) is 0 Å². The van der Waals surface area contributed by atoms with Crippen molar-refractivity contribution in [2.75, 3.05) is 7.05 Å². The van der Waals surface area contributed by atoms with Gasteiger partial charge in [0, 0.05) is 12.7 Å². The zero-order valence-corrected chi connectivity index (χ0v) is 14.6. The Labute approximate surface area is 140 Å². The zero-order valence-electron chi connectivity index (χ0n) is 14.6. The first-order valence-corrected chi connectivity index (χ1v) is 8.70.